The summed E-state index contributed by atoms with van der Waals surface area (Å²) in [6, 6.07) is 10.8. The molecule has 6 nitrogen and oxygen atoms in total. The highest BCUT2D eigenvalue weighted by atomic mass is 16.5. The predicted molar refractivity (Wildman–Crippen MR) is 92.8 cm³/mol. The molecule has 1 saturated heterocycles. The van der Waals surface area contributed by atoms with Gasteiger partial charge in [-0.3, -0.25) is 9.59 Å². The fourth-order valence-corrected chi connectivity index (χ4v) is 3.60. The monoisotopic (exact) mass is 340 g/mol. The van der Waals surface area contributed by atoms with E-state index < -0.39 is 0 Å². The van der Waals surface area contributed by atoms with Crippen LogP contribution in [-0.2, 0) is 4.74 Å². The van der Waals surface area contributed by atoms with Gasteiger partial charge in [0.15, 0.2) is 0 Å². The van der Waals surface area contributed by atoms with Crippen molar-refractivity contribution < 1.29 is 14.3 Å². The van der Waals surface area contributed by atoms with E-state index in [9.17, 15) is 9.59 Å². The highest BCUT2D eigenvalue weighted by Crippen LogP contribution is 2.38. The van der Waals surface area contributed by atoms with Gasteiger partial charge in [-0.25, -0.2) is 0 Å². The number of hydrogen-bond donors (Lipinski definition) is 2. The van der Waals surface area contributed by atoms with Crippen LogP contribution in [0.5, 0.6) is 5.75 Å². The minimum absolute atomic E-state index is 0.112. The number of aromatic amines is 1. The van der Waals surface area contributed by atoms with Gasteiger partial charge >= 0.3 is 0 Å². The fraction of sp³-hybridized carbons (Fsp3) is 0.368. The number of aromatic nitrogens is 1. The lowest BCUT2D eigenvalue weighted by Gasteiger charge is -2.39. The summed E-state index contributed by atoms with van der Waals surface area (Å²) in [7, 11) is 1.60. The van der Waals surface area contributed by atoms with Crippen LogP contribution in [0.4, 0.5) is 0 Å². The van der Waals surface area contributed by atoms with E-state index in [0.29, 0.717) is 11.6 Å². The molecule has 1 amide bonds. The van der Waals surface area contributed by atoms with Crippen LogP contribution in [0.25, 0.3) is 11.3 Å². The second-order valence-corrected chi connectivity index (χ2v) is 6.52. The molecule has 130 valence electrons. The summed E-state index contributed by atoms with van der Waals surface area (Å²) in [6.07, 6.45) is 2.08. The third-order valence-electron chi connectivity index (χ3n) is 5.14. The number of pyridine rings is 1. The maximum absolute atomic E-state index is 12.4. The van der Waals surface area contributed by atoms with Crippen molar-refractivity contribution in [3.8, 4) is 17.0 Å². The van der Waals surface area contributed by atoms with Crippen LogP contribution in [0.2, 0.25) is 0 Å². The number of ether oxygens (including phenoxy) is 2. The number of fused-ring (bicyclic) bond motifs is 1. The van der Waals surface area contributed by atoms with Crippen LogP contribution in [-0.4, -0.2) is 36.8 Å². The Morgan fingerprint density at radius 1 is 1.24 bits per heavy atom. The molecule has 25 heavy (non-hydrogen) atoms. The molecule has 2 N–H and O–H groups in total. The van der Waals surface area contributed by atoms with E-state index in [1.807, 2.05) is 24.3 Å². The molecule has 0 unspecified atom stereocenters. The number of H-pyrrole nitrogens is 1. The van der Waals surface area contributed by atoms with Gasteiger partial charge in [-0.05, 0) is 54.8 Å². The number of rotatable bonds is 4. The Morgan fingerprint density at radius 3 is 2.72 bits per heavy atom. The largest absolute Gasteiger partial charge is 0.497 e. The summed E-state index contributed by atoms with van der Waals surface area (Å²) in [6.45, 7) is 0.763. The average Bonchev–Trinajstić information content (AvgIpc) is 3.00. The van der Waals surface area contributed by atoms with E-state index in [1.54, 1.807) is 19.2 Å². The second-order valence-electron chi connectivity index (χ2n) is 6.52. The highest BCUT2D eigenvalue weighted by molar-refractivity contribution is 5.94. The summed E-state index contributed by atoms with van der Waals surface area (Å²) in [5.74, 6) is 0.816. The zero-order chi connectivity index (χ0) is 17.4. The predicted octanol–water partition coefficient (Wildman–Crippen LogP) is 1.96. The van der Waals surface area contributed by atoms with Crippen molar-refractivity contribution in [3.63, 3.8) is 0 Å². The quantitative estimate of drug-likeness (QED) is 0.892. The number of carbonyl (C=O) groups is 1. The van der Waals surface area contributed by atoms with Gasteiger partial charge in [0.05, 0.1) is 13.2 Å². The molecule has 4 rings (SSSR count). The van der Waals surface area contributed by atoms with Crippen molar-refractivity contribution in [1.82, 2.24) is 10.3 Å². The first-order valence-corrected chi connectivity index (χ1v) is 8.46. The molecule has 6 heteroatoms. The molecule has 2 aliphatic rings. The van der Waals surface area contributed by atoms with Crippen molar-refractivity contribution in [2.45, 2.75) is 25.0 Å². The molecule has 2 heterocycles. The second kappa shape index (κ2) is 6.37. The normalized spacial score (nSPS) is 24.3. The Morgan fingerprint density at radius 2 is 2.04 bits per heavy atom. The molecule has 0 bridgehead atoms. The maximum Gasteiger partial charge on any atom is 0.261 e. The van der Waals surface area contributed by atoms with Gasteiger partial charge in [0.25, 0.3) is 11.5 Å². The minimum Gasteiger partial charge on any atom is -0.497 e. The number of nitrogens with one attached hydrogen (secondary N) is 2. The van der Waals surface area contributed by atoms with Gasteiger partial charge in [-0.15, -0.1) is 0 Å². The Balaban J connectivity index is 1.49. The van der Waals surface area contributed by atoms with Crippen LogP contribution in [0, 0.1) is 5.92 Å². The van der Waals surface area contributed by atoms with E-state index in [-0.39, 0.29) is 29.2 Å². The van der Waals surface area contributed by atoms with Crippen molar-refractivity contribution in [3.05, 3.63) is 52.3 Å². The van der Waals surface area contributed by atoms with Gasteiger partial charge in [-0.2, -0.15) is 0 Å². The zero-order valence-corrected chi connectivity index (χ0v) is 14.0. The molecule has 1 saturated carbocycles. The van der Waals surface area contributed by atoms with Crippen LogP contribution in [0.1, 0.15) is 23.2 Å². The smallest absolute Gasteiger partial charge is 0.261 e. The summed E-state index contributed by atoms with van der Waals surface area (Å²) in [5.41, 5.74) is 1.27. The molecular weight excluding hydrogens is 320 g/mol. The van der Waals surface area contributed by atoms with Gasteiger partial charge in [-0.1, -0.05) is 0 Å². The molecule has 0 radical (unpaired) electrons. The van der Waals surface area contributed by atoms with Gasteiger partial charge in [0.1, 0.15) is 11.3 Å². The first kappa shape index (κ1) is 15.9. The number of hydrogen-bond acceptors (Lipinski definition) is 4. The minimum atomic E-state index is -0.385. The first-order valence-electron chi connectivity index (χ1n) is 8.46. The fourth-order valence-electron chi connectivity index (χ4n) is 3.60. The van der Waals surface area contributed by atoms with Crippen LogP contribution in [0.15, 0.2) is 41.2 Å². The molecule has 2 fully saturated rings. The van der Waals surface area contributed by atoms with Crippen LogP contribution >= 0.6 is 0 Å². The lowest BCUT2D eigenvalue weighted by molar-refractivity contribution is 0.00808. The van der Waals surface area contributed by atoms with Gasteiger partial charge < -0.3 is 19.8 Å². The number of carbonyl (C=O) groups excluding carboxylic acids is 1. The molecule has 1 aliphatic carbocycles. The highest BCUT2D eigenvalue weighted by Gasteiger charge is 2.45. The lowest BCUT2D eigenvalue weighted by atomic mass is 9.76. The summed E-state index contributed by atoms with van der Waals surface area (Å²) >= 11 is 0. The van der Waals surface area contributed by atoms with Crippen molar-refractivity contribution in [2.75, 3.05) is 13.7 Å². The topological polar surface area (TPSA) is 80.4 Å². The SMILES string of the molecule is COc1ccc(-c2ccc(C(=O)N[C@H]3C[C@@H]4OCC[C@H]34)c(=O)[nH]2)cc1. The van der Waals surface area contributed by atoms with E-state index in [4.69, 9.17) is 9.47 Å². The Bertz CT molecular complexity index is 843. The third kappa shape index (κ3) is 2.93. The molecule has 2 aromatic rings. The van der Waals surface area contributed by atoms with Crippen molar-refractivity contribution in [1.29, 1.82) is 0 Å². The van der Waals surface area contributed by atoms with E-state index in [2.05, 4.69) is 10.3 Å². The standard InChI is InChI=1S/C19H20N2O4/c1-24-12-4-2-11(3-5-12)15-7-6-14(18(22)20-15)19(23)21-16-10-17-13(16)8-9-25-17/h2-7,13,16-17H,8-10H2,1H3,(H,20,22)(H,21,23)/t13-,16+,17+/m1/s1. The molecule has 3 atom stereocenters. The molecule has 0 spiro atoms. The van der Waals surface area contributed by atoms with E-state index >= 15 is 0 Å². The summed E-state index contributed by atoms with van der Waals surface area (Å²) in [5, 5.41) is 2.96. The molecule has 1 aromatic carbocycles. The number of methoxy groups -OCH3 is 1. The molecular formula is C19H20N2O4. The third-order valence-corrected chi connectivity index (χ3v) is 5.14. The average molecular weight is 340 g/mol. The van der Waals surface area contributed by atoms with E-state index in [1.165, 1.54) is 0 Å². The summed E-state index contributed by atoms with van der Waals surface area (Å²) < 4.78 is 10.7. The lowest BCUT2D eigenvalue weighted by Crippen LogP contribution is -2.54. The Labute approximate surface area is 145 Å². The van der Waals surface area contributed by atoms with Crippen molar-refractivity contribution >= 4 is 5.91 Å². The number of benzene rings is 1. The molecule has 1 aliphatic heterocycles. The van der Waals surface area contributed by atoms with Crippen LogP contribution in [0.3, 0.4) is 0 Å². The maximum atomic E-state index is 12.4. The number of amides is 1. The first-order chi connectivity index (χ1) is 12.2. The zero-order valence-electron chi connectivity index (χ0n) is 14.0. The Kier molecular flexibility index (Phi) is 4.05. The van der Waals surface area contributed by atoms with E-state index in [0.717, 1.165) is 30.8 Å². The van der Waals surface area contributed by atoms with Gasteiger partial charge in [0, 0.05) is 24.3 Å². The summed E-state index contributed by atoms with van der Waals surface area (Å²) in [4.78, 5) is 27.5. The molecule has 1 aromatic heterocycles. The Hall–Kier alpha value is -2.60. The van der Waals surface area contributed by atoms with Gasteiger partial charge in [0.2, 0.25) is 0 Å². The van der Waals surface area contributed by atoms with Crippen molar-refractivity contribution in [2.24, 2.45) is 5.92 Å². The van der Waals surface area contributed by atoms with Crippen LogP contribution < -0.4 is 15.6 Å².